The van der Waals surface area contributed by atoms with Crippen LogP contribution in [0.15, 0.2) is 71.3 Å². The summed E-state index contributed by atoms with van der Waals surface area (Å²) in [7, 11) is 0. The molecule has 8 nitrogen and oxygen atoms in total. The maximum absolute atomic E-state index is 11.0. The summed E-state index contributed by atoms with van der Waals surface area (Å²) in [6, 6.07) is 17.5. The van der Waals surface area contributed by atoms with Crippen LogP contribution in [0.5, 0.6) is 0 Å². The molecule has 0 bridgehead atoms. The Morgan fingerprint density at radius 3 is 2.74 bits per heavy atom. The van der Waals surface area contributed by atoms with Crippen molar-refractivity contribution in [1.82, 2.24) is 9.97 Å². The van der Waals surface area contributed by atoms with Gasteiger partial charge < -0.3 is 15.1 Å². The number of nitro benzene ring substituents is 1. The lowest BCUT2D eigenvalue weighted by molar-refractivity contribution is -0.384. The normalized spacial score (nSPS) is 10.7. The SMILES string of the molecule is O=[N+]([O-])c1cccc(Nc2nc(NCc3ccco3)c3ccccc3n2)c1. The van der Waals surface area contributed by atoms with E-state index in [-0.39, 0.29) is 5.69 Å². The van der Waals surface area contributed by atoms with Crippen molar-refractivity contribution >= 4 is 34.0 Å². The summed E-state index contributed by atoms with van der Waals surface area (Å²) in [6.45, 7) is 0.476. The van der Waals surface area contributed by atoms with Gasteiger partial charge in [0.15, 0.2) is 0 Å². The van der Waals surface area contributed by atoms with Crippen molar-refractivity contribution in [2.45, 2.75) is 6.54 Å². The van der Waals surface area contributed by atoms with Crippen molar-refractivity contribution in [3.05, 3.63) is 82.8 Å². The van der Waals surface area contributed by atoms with Gasteiger partial charge in [-0.05, 0) is 30.3 Å². The van der Waals surface area contributed by atoms with Gasteiger partial charge >= 0.3 is 0 Å². The number of furan rings is 1. The molecule has 4 rings (SSSR count). The minimum Gasteiger partial charge on any atom is -0.467 e. The average Bonchev–Trinajstić information content (AvgIpc) is 3.20. The van der Waals surface area contributed by atoms with Gasteiger partial charge in [-0.15, -0.1) is 0 Å². The number of nitrogens with zero attached hydrogens (tertiary/aromatic N) is 3. The molecule has 0 saturated carbocycles. The number of nitro groups is 1. The van der Waals surface area contributed by atoms with Crippen molar-refractivity contribution in [3.8, 4) is 0 Å². The summed E-state index contributed by atoms with van der Waals surface area (Å²) >= 11 is 0. The van der Waals surface area contributed by atoms with E-state index >= 15 is 0 Å². The first-order valence-corrected chi connectivity index (χ1v) is 8.23. The second kappa shape index (κ2) is 7.12. The largest absolute Gasteiger partial charge is 0.467 e. The van der Waals surface area contributed by atoms with Gasteiger partial charge in [-0.25, -0.2) is 4.98 Å². The van der Waals surface area contributed by atoms with Crippen LogP contribution in [0.25, 0.3) is 10.9 Å². The van der Waals surface area contributed by atoms with Crippen LogP contribution in [0.3, 0.4) is 0 Å². The van der Waals surface area contributed by atoms with Gasteiger partial charge in [0.05, 0.1) is 23.2 Å². The van der Waals surface area contributed by atoms with E-state index in [0.717, 1.165) is 16.7 Å². The molecular weight excluding hydrogens is 346 g/mol. The third-order valence-corrected chi connectivity index (χ3v) is 3.93. The first-order chi connectivity index (χ1) is 13.2. The first-order valence-electron chi connectivity index (χ1n) is 8.23. The van der Waals surface area contributed by atoms with E-state index in [4.69, 9.17) is 4.42 Å². The summed E-state index contributed by atoms with van der Waals surface area (Å²) in [5.74, 6) is 1.77. The fraction of sp³-hybridized carbons (Fsp3) is 0.0526. The molecule has 2 N–H and O–H groups in total. The zero-order valence-electron chi connectivity index (χ0n) is 14.1. The number of hydrogen-bond acceptors (Lipinski definition) is 7. The number of benzene rings is 2. The third-order valence-electron chi connectivity index (χ3n) is 3.93. The molecule has 0 amide bonds. The molecule has 2 aromatic heterocycles. The van der Waals surface area contributed by atoms with Gasteiger partial charge in [0.1, 0.15) is 11.6 Å². The molecule has 0 aliphatic carbocycles. The minimum atomic E-state index is -0.442. The van der Waals surface area contributed by atoms with E-state index in [9.17, 15) is 10.1 Å². The molecule has 0 spiro atoms. The van der Waals surface area contributed by atoms with E-state index in [0.29, 0.717) is 24.0 Å². The second-order valence-corrected chi connectivity index (χ2v) is 5.78. The van der Waals surface area contributed by atoms with Crippen LogP contribution in [0, 0.1) is 10.1 Å². The molecule has 0 aliphatic rings. The van der Waals surface area contributed by atoms with Crippen LogP contribution in [0.4, 0.5) is 23.1 Å². The Morgan fingerprint density at radius 1 is 1.04 bits per heavy atom. The summed E-state index contributed by atoms with van der Waals surface area (Å²) in [6.07, 6.45) is 1.62. The van der Waals surface area contributed by atoms with Gasteiger partial charge in [0.2, 0.25) is 5.95 Å². The van der Waals surface area contributed by atoms with Crippen molar-refractivity contribution in [3.63, 3.8) is 0 Å². The Hall–Kier alpha value is -3.94. The molecule has 0 saturated heterocycles. The number of aromatic nitrogens is 2. The zero-order chi connectivity index (χ0) is 18.6. The highest BCUT2D eigenvalue weighted by molar-refractivity contribution is 5.90. The van der Waals surface area contributed by atoms with Gasteiger partial charge in [0, 0.05) is 23.2 Å². The Labute approximate surface area is 154 Å². The Kier molecular flexibility index (Phi) is 4.36. The average molecular weight is 361 g/mol. The molecule has 2 heterocycles. The molecular formula is C19H15N5O3. The predicted molar refractivity (Wildman–Crippen MR) is 102 cm³/mol. The van der Waals surface area contributed by atoms with Crippen molar-refractivity contribution < 1.29 is 9.34 Å². The molecule has 0 atom stereocenters. The Balaban J connectivity index is 1.66. The Morgan fingerprint density at radius 2 is 1.93 bits per heavy atom. The quantitative estimate of drug-likeness (QED) is 0.385. The summed E-state index contributed by atoms with van der Waals surface area (Å²) in [5, 5.41) is 18.1. The fourth-order valence-corrected chi connectivity index (χ4v) is 2.68. The van der Waals surface area contributed by atoms with Crippen molar-refractivity contribution in [2.24, 2.45) is 0 Å². The highest BCUT2D eigenvalue weighted by atomic mass is 16.6. The van der Waals surface area contributed by atoms with E-state index < -0.39 is 4.92 Å². The van der Waals surface area contributed by atoms with Crippen LogP contribution < -0.4 is 10.6 Å². The van der Waals surface area contributed by atoms with E-state index in [1.54, 1.807) is 18.4 Å². The number of para-hydroxylation sites is 1. The summed E-state index contributed by atoms with van der Waals surface area (Å²) in [5.41, 5.74) is 1.29. The molecule has 2 aromatic carbocycles. The van der Waals surface area contributed by atoms with Crippen LogP contribution >= 0.6 is 0 Å². The first kappa shape index (κ1) is 16.5. The van der Waals surface area contributed by atoms with Gasteiger partial charge in [0.25, 0.3) is 5.69 Å². The fourth-order valence-electron chi connectivity index (χ4n) is 2.68. The number of anilines is 3. The number of hydrogen-bond donors (Lipinski definition) is 2. The van der Waals surface area contributed by atoms with Crippen molar-refractivity contribution in [2.75, 3.05) is 10.6 Å². The minimum absolute atomic E-state index is 0.00282. The molecule has 134 valence electrons. The maximum Gasteiger partial charge on any atom is 0.271 e. The van der Waals surface area contributed by atoms with Gasteiger partial charge in [-0.1, -0.05) is 18.2 Å². The smallest absolute Gasteiger partial charge is 0.271 e. The maximum atomic E-state index is 11.0. The van der Waals surface area contributed by atoms with E-state index in [1.807, 2.05) is 36.4 Å². The van der Waals surface area contributed by atoms with Crippen molar-refractivity contribution in [1.29, 1.82) is 0 Å². The summed E-state index contributed by atoms with van der Waals surface area (Å²) in [4.78, 5) is 19.5. The number of rotatable bonds is 6. The monoisotopic (exact) mass is 361 g/mol. The van der Waals surface area contributed by atoms with Gasteiger partial charge in [-0.2, -0.15) is 4.98 Å². The van der Waals surface area contributed by atoms with Crippen LogP contribution in [0.2, 0.25) is 0 Å². The van der Waals surface area contributed by atoms with E-state index in [1.165, 1.54) is 12.1 Å². The molecule has 4 aromatic rings. The number of fused-ring (bicyclic) bond motifs is 1. The number of nitrogens with one attached hydrogen (secondary N) is 2. The van der Waals surface area contributed by atoms with E-state index in [2.05, 4.69) is 20.6 Å². The highest BCUT2D eigenvalue weighted by Gasteiger charge is 2.10. The highest BCUT2D eigenvalue weighted by Crippen LogP contribution is 2.25. The lowest BCUT2D eigenvalue weighted by atomic mass is 10.2. The molecule has 0 radical (unpaired) electrons. The lowest BCUT2D eigenvalue weighted by Crippen LogP contribution is -2.05. The predicted octanol–water partition coefficient (Wildman–Crippen LogP) is 4.49. The zero-order valence-corrected chi connectivity index (χ0v) is 14.1. The van der Waals surface area contributed by atoms with Crippen LogP contribution in [0.1, 0.15) is 5.76 Å². The second-order valence-electron chi connectivity index (χ2n) is 5.78. The van der Waals surface area contributed by atoms with Crippen LogP contribution in [-0.2, 0) is 6.54 Å². The standard InChI is InChI=1S/C19H15N5O3/c25-24(26)14-6-3-5-13(11-14)21-19-22-17-9-2-1-8-16(17)18(23-19)20-12-15-7-4-10-27-15/h1-11H,12H2,(H2,20,21,22,23). The van der Waals surface area contributed by atoms with Gasteiger partial charge in [-0.3, -0.25) is 10.1 Å². The molecule has 27 heavy (non-hydrogen) atoms. The topological polar surface area (TPSA) is 106 Å². The molecule has 0 unspecified atom stereocenters. The lowest BCUT2D eigenvalue weighted by Gasteiger charge is -2.11. The number of non-ortho nitro benzene ring substituents is 1. The van der Waals surface area contributed by atoms with Crippen LogP contribution in [-0.4, -0.2) is 14.9 Å². The molecule has 0 aliphatic heterocycles. The summed E-state index contributed by atoms with van der Waals surface area (Å²) < 4.78 is 5.34. The molecule has 8 heteroatoms. The molecule has 0 fully saturated rings. The third kappa shape index (κ3) is 3.69. The Bertz CT molecular complexity index is 1100.